The number of benzene rings is 1. The molecule has 3 nitrogen and oxygen atoms in total. The number of aliphatic hydroxyl groups excluding tert-OH is 1. The predicted octanol–water partition coefficient (Wildman–Crippen LogP) is 1.90. The molecular formula is C15H19NO2S. The fourth-order valence-electron chi connectivity index (χ4n) is 1.46. The second kappa shape index (κ2) is 8.63. The zero-order valence-corrected chi connectivity index (χ0v) is 12.1. The third-order valence-corrected chi connectivity index (χ3v) is 3.74. The number of thioether (sulfide) groups is 1. The maximum Gasteiger partial charge on any atom is 0.251 e. The van der Waals surface area contributed by atoms with Gasteiger partial charge in [-0.2, -0.15) is 11.8 Å². The molecule has 0 saturated heterocycles. The number of amides is 1. The predicted molar refractivity (Wildman–Crippen MR) is 80.3 cm³/mol. The van der Waals surface area contributed by atoms with Crippen LogP contribution in [0.3, 0.4) is 0 Å². The van der Waals surface area contributed by atoms with Crippen molar-refractivity contribution in [3.63, 3.8) is 0 Å². The summed E-state index contributed by atoms with van der Waals surface area (Å²) in [7, 11) is 0. The highest BCUT2D eigenvalue weighted by Gasteiger charge is 2.05. The number of carbonyl (C=O) groups is 1. The van der Waals surface area contributed by atoms with Gasteiger partial charge in [0.15, 0.2) is 0 Å². The van der Waals surface area contributed by atoms with Gasteiger partial charge in [0.05, 0.1) is 0 Å². The zero-order valence-electron chi connectivity index (χ0n) is 11.3. The van der Waals surface area contributed by atoms with Crippen LogP contribution in [0.2, 0.25) is 0 Å². The smallest absolute Gasteiger partial charge is 0.251 e. The van der Waals surface area contributed by atoms with Crippen LogP contribution in [0.1, 0.15) is 29.3 Å². The van der Waals surface area contributed by atoms with Crippen molar-refractivity contribution in [2.75, 3.05) is 19.4 Å². The molecule has 19 heavy (non-hydrogen) atoms. The molecule has 4 heteroatoms. The number of hydrogen-bond acceptors (Lipinski definition) is 3. The summed E-state index contributed by atoms with van der Waals surface area (Å²) in [5.41, 5.74) is 1.42. The second-order valence-electron chi connectivity index (χ2n) is 4.13. The molecule has 0 aromatic heterocycles. The van der Waals surface area contributed by atoms with Crippen LogP contribution in [-0.2, 0) is 0 Å². The van der Waals surface area contributed by atoms with Gasteiger partial charge in [0.2, 0.25) is 0 Å². The molecule has 0 radical (unpaired) electrons. The van der Waals surface area contributed by atoms with E-state index in [-0.39, 0.29) is 12.5 Å². The van der Waals surface area contributed by atoms with E-state index in [1.54, 1.807) is 36.0 Å². The third kappa shape index (κ3) is 5.82. The Balaban J connectivity index is 2.49. The standard InChI is InChI=1S/C15H19NO2S/c1-12(19-2)9-10-16-15(18)14-7-5-13(6-8-14)4-3-11-17/h5-8,12,17H,9-11H2,1-2H3,(H,16,18). The van der Waals surface area contributed by atoms with E-state index in [1.807, 2.05) is 0 Å². The molecule has 1 aromatic carbocycles. The fraction of sp³-hybridized carbons (Fsp3) is 0.400. The fourth-order valence-corrected chi connectivity index (χ4v) is 1.81. The van der Waals surface area contributed by atoms with Gasteiger partial charge in [-0.1, -0.05) is 18.8 Å². The largest absolute Gasteiger partial charge is 0.384 e. The Morgan fingerprint density at radius 1 is 1.42 bits per heavy atom. The molecule has 0 saturated carbocycles. The van der Waals surface area contributed by atoms with Gasteiger partial charge in [-0.25, -0.2) is 0 Å². The summed E-state index contributed by atoms with van der Waals surface area (Å²) in [6.45, 7) is 2.67. The van der Waals surface area contributed by atoms with Crippen molar-refractivity contribution in [3.05, 3.63) is 35.4 Å². The van der Waals surface area contributed by atoms with E-state index < -0.39 is 0 Å². The zero-order chi connectivity index (χ0) is 14.1. The van der Waals surface area contributed by atoms with Crippen LogP contribution in [-0.4, -0.2) is 35.7 Å². The van der Waals surface area contributed by atoms with E-state index in [9.17, 15) is 4.79 Å². The molecule has 0 aliphatic rings. The van der Waals surface area contributed by atoms with Crippen molar-refractivity contribution in [2.45, 2.75) is 18.6 Å². The quantitative estimate of drug-likeness (QED) is 0.808. The topological polar surface area (TPSA) is 49.3 Å². The Kier molecular flexibility index (Phi) is 7.09. The summed E-state index contributed by atoms with van der Waals surface area (Å²) in [6, 6.07) is 7.05. The molecule has 0 heterocycles. The molecule has 0 aliphatic carbocycles. The monoisotopic (exact) mass is 277 g/mol. The highest BCUT2D eigenvalue weighted by atomic mass is 32.2. The summed E-state index contributed by atoms with van der Waals surface area (Å²) in [5.74, 6) is 5.30. The molecule has 1 rings (SSSR count). The molecule has 0 spiro atoms. The summed E-state index contributed by atoms with van der Waals surface area (Å²) < 4.78 is 0. The first-order chi connectivity index (χ1) is 9.17. The second-order valence-corrected chi connectivity index (χ2v) is 5.40. The third-order valence-electron chi connectivity index (χ3n) is 2.70. The molecule has 0 aliphatic heterocycles. The maximum atomic E-state index is 11.8. The molecule has 1 aromatic rings. The van der Waals surface area contributed by atoms with Gasteiger partial charge >= 0.3 is 0 Å². The van der Waals surface area contributed by atoms with Crippen LogP contribution >= 0.6 is 11.8 Å². The van der Waals surface area contributed by atoms with E-state index in [0.717, 1.165) is 12.0 Å². The van der Waals surface area contributed by atoms with Gasteiger partial charge in [-0.05, 0) is 36.9 Å². The first kappa shape index (κ1) is 15.6. The molecule has 0 fully saturated rings. The highest BCUT2D eigenvalue weighted by Crippen LogP contribution is 2.08. The lowest BCUT2D eigenvalue weighted by Gasteiger charge is -2.09. The Morgan fingerprint density at radius 2 is 2.11 bits per heavy atom. The number of carbonyl (C=O) groups excluding carboxylic acids is 1. The van der Waals surface area contributed by atoms with Crippen LogP contribution in [0.5, 0.6) is 0 Å². The number of aliphatic hydroxyl groups is 1. The van der Waals surface area contributed by atoms with Crippen molar-refractivity contribution >= 4 is 17.7 Å². The van der Waals surface area contributed by atoms with Gasteiger partial charge in [-0.15, -0.1) is 0 Å². The minimum Gasteiger partial charge on any atom is -0.384 e. The van der Waals surface area contributed by atoms with Crippen molar-refractivity contribution < 1.29 is 9.90 Å². The van der Waals surface area contributed by atoms with Crippen LogP contribution in [0.4, 0.5) is 0 Å². The molecule has 1 amide bonds. The number of rotatable bonds is 5. The van der Waals surface area contributed by atoms with Crippen molar-refractivity contribution in [2.24, 2.45) is 0 Å². The lowest BCUT2D eigenvalue weighted by molar-refractivity contribution is 0.0953. The molecule has 1 atom stereocenters. The van der Waals surface area contributed by atoms with E-state index in [0.29, 0.717) is 17.4 Å². The average Bonchev–Trinajstić information content (AvgIpc) is 2.45. The SMILES string of the molecule is CSC(C)CCNC(=O)c1ccc(C#CCO)cc1. The van der Waals surface area contributed by atoms with Crippen LogP contribution in [0.15, 0.2) is 24.3 Å². The summed E-state index contributed by atoms with van der Waals surface area (Å²) in [6.07, 6.45) is 3.03. The van der Waals surface area contributed by atoms with Gasteiger partial charge in [0.1, 0.15) is 6.61 Å². The lowest BCUT2D eigenvalue weighted by Crippen LogP contribution is -2.25. The van der Waals surface area contributed by atoms with Gasteiger partial charge in [-0.3, -0.25) is 4.79 Å². The molecular weight excluding hydrogens is 258 g/mol. The van der Waals surface area contributed by atoms with Crippen molar-refractivity contribution in [1.82, 2.24) is 5.32 Å². The molecule has 0 bridgehead atoms. The minimum absolute atomic E-state index is 0.0602. The Morgan fingerprint density at radius 3 is 2.68 bits per heavy atom. The highest BCUT2D eigenvalue weighted by molar-refractivity contribution is 7.99. The Bertz CT molecular complexity index is 459. The average molecular weight is 277 g/mol. The van der Waals surface area contributed by atoms with Crippen LogP contribution in [0.25, 0.3) is 0 Å². The Hall–Kier alpha value is -1.44. The van der Waals surface area contributed by atoms with Gasteiger partial charge in [0.25, 0.3) is 5.91 Å². The first-order valence-electron chi connectivity index (χ1n) is 6.18. The molecule has 1 unspecified atom stereocenters. The minimum atomic E-state index is -0.157. The maximum absolute atomic E-state index is 11.8. The number of nitrogens with one attached hydrogen (secondary N) is 1. The molecule has 102 valence electrons. The lowest BCUT2D eigenvalue weighted by atomic mass is 10.1. The summed E-state index contributed by atoms with van der Waals surface area (Å²) in [5, 5.41) is 12.0. The number of hydrogen-bond donors (Lipinski definition) is 2. The first-order valence-corrected chi connectivity index (χ1v) is 7.47. The van der Waals surface area contributed by atoms with Gasteiger partial charge < -0.3 is 10.4 Å². The van der Waals surface area contributed by atoms with E-state index in [1.165, 1.54) is 0 Å². The summed E-state index contributed by atoms with van der Waals surface area (Å²) >= 11 is 1.79. The summed E-state index contributed by atoms with van der Waals surface area (Å²) in [4.78, 5) is 11.8. The Labute approximate surface area is 118 Å². The van der Waals surface area contributed by atoms with Crippen LogP contribution in [0, 0.1) is 11.8 Å². The van der Waals surface area contributed by atoms with Gasteiger partial charge in [0, 0.05) is 22.9 Å². The normalized spacial score (nSPS) is 11.3. The van der Waals surface area contributed by atoms with Crippen molar-refractivity contribution in [3.8, 4) is 11.8 Å². The van der Waals surface area contributed by atoms with Crippen LogP contribution < -0.4 is 5.32 Å². The van der Waals surface area contributed by atoms with E-state index in [2.05, 4.69) is 30.3 Å². The van der Waals surface area contributed by atoms with E-state index in [4.69, 9.17) is 5.11 Å². The molecule has 2 N–H and O–H groups in total. The van der Waals surface area contributed by atoms with Crippen molar-refractivity contribution in [1.29, 1.82) is 0 Å². The van der Waals surface area contributed by atoms with E-state index >= 15 is 0 Å².